The third-order valence-electron chi connectivity index (χ3n) is 6.86. The number of carbonyl (C=O) groups excluding carboxylic acids is 1. The van der Waals surface area contributed by atoms with Gasteiger partial charge in [-0.15, -0.1) is 0 Å². The molecule has 0 amide bonds. The predicted octanol–water partition coefficient (Wildman–Crippen LogP) is 9.19. The molecular weight excluding hydrogens is 375 g/mol. The monoisotopic (exact) mass is 430 g/mol. The van der Waals surface area contributed by atoms with E-state index in [0.717, 1.165) is 19.3 Å². The predicted molar refractivity (Wildman–Crippen MR) is 135 cm³/mol. The summed E-state index contributed by atoms with van der Waals surface area (Å²) in [4.78, 5) is 13.6. The summed E-state index contributed by atoms with van der Waals surface area (Å²) in [5, 5.41) is 0. The molecule has 0 unspecified atom stereocenters. The Labute approximate surface area is 184 Å². The molecule has 0 heterocycles. The molecule has 0 radical (unpaired) electrons. The van der Waals surface area contributed by atoms with Gasteiger partial charge in [0.05, 0.1) is 0 Å². The van der Waals surface area contributed by atoms with E-state index in [4.69, 9.17) is 4.52 Å². The average Bonchev–Trinajstić information content (AvgIpc) is 2.71. The van der Waals surface area contributed by atoms with Crippen LogP contribution >= 0.6 is 6.83 Å². The number of carbonyl (C=O) groups is 1. The zero-order valence-electron chi connectivity index (χ0n) is 21.3. The van der Waals surface area contributed by atoms with Crippen LogP contribution in [0.2, 0.25) is 0 Å². The maximum absolute atomic E-state index is 13.6. The number of rotatable bonds is 19. The molecular formula is C26H55O2P. The van der Waals surface area contributed by atoms with Crippen molar-refractivity contribution in [3.63, 3.8) is 0 Å². The topological polar surface area (TPSA) is 26.3 Å². The van der Waals surface area contributed by atoms with Crippen LogP contribution in [0.3, 0.4) is 0 Å². The Morgan fingerprint density at radius 2 is 1.03 bits per heavy atom. The van der Waals surface area contributed by atoms with E-state index in [-0.39, 0.29) is 11.4 Å². The third kappa shape index (κ3) is 10.2. The van der Waals surface area contributed by atoms with Crippen molar-refractivity contribution < 1.29 is 9.32 Å². The van der Waals surface area contributed by atoms with Crippen LogP contribution in [-0.4, -0.2) is 30.6 Å². The standard InChI is InChI=1S/C26H55O2P/c1-8-13-18-19-24-29(21-15-10-3,22-16-11-4,23-17-12-5)28-25(27)26(6,7)20-14-9-2/h8-24H2,1-7H3. The molecule has 0 saturated carbocycles. The molecule has 0 aliphatic rings. The quantitative estimate of drug-likeness (QED) is 0.151. The minimum atomic E-state index is -2.52. The first-order valence-electron chi connectivity index (χ1n) is 13.0. The zero-order chi connectivity index (χ0) is 22.3. The molecule has 0 aromatic rings. The fraction of sp³-hybridized carbons (Fsp3) is 0.962. The Bertz CT molecular complexity index is 406. The molecule has 0 aliphatic carbocycles. The van der Waals surface area contributed by atoms with Crippen LogP contribution in [0.25, 0.3) is 0 Å². The van der Waals surface area contributed by atoms with Gasteiger partial charge >= 0.3 is 184 Å². The maximum atomic E-state index is 13.6. The van der Waals surface area contributed by atoms with Crippen LogP contribution in [0.5, 0.6) is 0 Å². The second-order valence-electron chi connectivity index (χ2n) is 10.2. The van der Waals surface area contributed by atoms with Gasteiger partial charge in [-0.05, 0) is 0 Å². The van der Waals surface area contributed by atoms with Crippen molar-refractivity contribution in [2.75, 3.05) is 24.6 Å². The molecule has 0 saturated heterocycles. The van der Waals surface area contributed by atoms with E-state index < -0.39 is 6.83 Å². The molecule has 0 spiro atoms. The summed E-state index contributed by atoms with van der Waals surface area (Å²) in [6, 6.07) is 0. The summed E-state index contributed by atoms with van der Waals surface area (Å²) >= 11 is 0. The summed E-state index contributed by atoms with van der Waals surface area (Å²) in [6.07, 6.45) is 20.2. The van der Waals surface area contributed by atoms with Gasteiger partial charge in [0, 0.05) is 0 Å². The second-order valence-corrected chi connectivity index (χ2v) is 15.9. The minimum absolute atomic E-state index is 0.113. The Hall–Kier alpha value is -0.100. The zero-order valence-corrected chi connectivity index (χ0v) is 22.2. The first-order valence-corrected chi connectivity index (χ1v) is 15.9. The molecule has 0 aliphatic heterocycles. The van der Waals surface area contributed by atoms with E-state index in [9.17, 15) is 4.79 Å². The fourth-order valence-corrected chi connectivity index (χ4v) is 11.3. The molecule has 0 rings (SSSR count). The van der Waals surface area contributed by atoms with E-state index in [1.54, 1.807) is 0 Å². The summed E-state index contributed by atoms with van der Waals surface area (Å²) in [6.45, 7) is 13.1. The number of hydrogen-bond acceptors (Lipinski definition) is 2. The van der Waals surface area contributed by atoms with Crippen LogP contribution in [0, 0.1) is 5.41 Å². The van der Waals surface area contributed by atoms with Crippen molar-refractivity contribution in [1.29, 1.82) is 0 Å². The van der Waals surface area contributed by atoms with E-state index in [1.807, 2.05) is 0 Å². The van der Waals surface area contributed by atoms with Gasteiger partial charge in [-0.25, -0.2) is 0 Å². The molecule has 0 atom stereocenters. The number of unbranched alkanes of at least 4 members (excludes halogenated alkanes) is 7. The van der Waals surface area contributed by atoms with Gasteiger partial charge in [0.1, 0.15) is 0 Å². The van der Waals surface area contributed by atoms with Crippen molar-refractivity contribution in [1.82, 2.24) is 0 Å². The van der Waals surface area contributed by atoms with Gasteiger partial charge in [-0.2, -0.15) is 0 Å². The fourth-order valence-electron chi connectivity index (χ4n) is 4.55. The number of hydrogen-bond donors (Lipinski definition) is 0. The average molecular weight is 431 g/mol. The van der Waals surface area contributed by atoms with Crippen LogP contribution in [0.15, 0.2) is 0 Å². The molecule has 29 heavy (non-hydrogen) atoms. The summed E-state index contributed by atoms with van der Waals surface area (Å²) in [5.74, 6) is 0.113. The van der Waals surface area contributed by atoms with Crippen LogP contribution in [0.4, 0.5) is 0 Å². The third-order valence-corrected chi connectivity index (χ3v) is 13.3. The van der Waals surface area contributed by atoms with Crippen molar-refractivity contribution in [3.8, 4) is 0 Å². The Morgan fingerprint density at radius 3 is 1.45 bits per heavy atom. The molecule has 0 N–H and O–H groups in total. The van der Waals surface area contributed by atoms with Crippen molar-refractivity contribution in [2.24, 2.45) is 5.41 Å². The molecule has 0 fully saturated rings. The van der Waals surface area contributed by atoms with Gasteiger partial charge < -0.3 is 0 Å². The Balaban J connectivity index is 5.94. The van der Waals surface area contributed by atoms with Crippen molar-refractivity contribution in [2.45, 2.75) is 132 Å². The SMILES string of the molecule is CCCCCCP(CCCC)(CCCC)(CCCC)OC(=O)C(C)(C)CCCC. The van der Waals surface area contributed by atoms with Gasteiger partial charge in [0.25, 0.3) is 0 Å². The van der Waals surface area contributed by atoms with Crippen LogP contribution in [0.1, 0.15) is 132 Å². The van der Waals surface area contributed by atoms with E-state index in [1.165, 1.54) is 88.9 Å². The summed E-state index contributed by atoms with van der Waals surface area (Å²) in [5.41, 5.74) is -0.354. The van der Waals surface area contributed by atoms with Gasteiger partial charge in [0.2, 0.25) is 0 Å². The van der Waals surface area contributed by atoms with E-state index in [0.29, 0.717) is 0 Å². The summed E-state index contributed by atoms with van der Waals surface area (Å²) in [7, 11) is 0. The van der Waals surface area contributed by atoms with Gasteiger partial charge in [-0.1, -0.05) is 0 Å². The Morgan fingerprint density at radius 1 is 0.621 bits per heavy atom. The van der Waals surface area contributed by atoms with Gasteiger partial charge in [0.15, 0.2) is 0 Å². The summed E-state index contributed by atoms with van der Waals surface area (Å²) < 4.78 is 6.97. The molecule has 2 nitrogen and oxygen atoms in total. The van der Waals surface area contributed by atoms with E-state index in [2.05, 4.69) is 48.5 Å². The molecule has 0 bridgehead atoms. The molecule has 3 heteroatoms. The molecule has 176 valence electrons. The van der Waals surface area contributed by atoms with Crippen LogP contribution < -0.4 is 0 Å². The first kappa shape index (κ1) is 28.9. The molecule has 0 aromatic carbocycles. The first-order chi connectivity index (χ1) is 13.7. The van der Waals surface area contributed by atoms with Crippen molar-refractivity contribution in [3.05, 3.63) is 0 Å². The van der Waals surface area contributed by atoms with Crippen molar-refractivity contribution >= 4 is 12.8 Å². The van der Waals surface area contributed by atoms with Crippen LogP contribution in [-0.2, 0) is 9.32 Å². The normalized spacial score (nSPS) is 13.8. The Kier molecular flexibility index (Phi) is 14.8. The van der Waals surface area contributed by atoms with E-state index >= 15 is 0 Å². The van der Waals surface area contributed by atoms with Gasteiger partial charge in [-0.3, -0.25) is 0 Å². The molecule has 0 aromatic heterocycles. The second kappa shape index (κ2) is 14.8.